The van der Waals surface area contributed by atoms with Crippen molar-refractivity contribution in [1.82, 2.24) is 0 Å². The molecule has 0 radical (unpaired) electrons. The molecule has 0 heterocycles. The van der Waals surface area contributed by atoms with Gasteiger partial charge in [-0.05, 0) is 18.2 Å². The molecule has 0 unspecified atom stereocenters. The molecule has 0 spiro atoms. The molecule has 3 N–H and O–H groups in total. The second kappa shape index (κ2) is 4.43. The van der Waals surface area contributed by atoms with Crippen LogP contribution in [0.4, 0.5) is 5.69 Å². The van der Waals surface area contributed by atoms with Gasteiger partial charge in [0.15, 0.2) is 0 Å². The molecule has 0 saturated heterocycles. The fourth-order valence-corrected chi connectivity index (χ4v) is 1.21. The maximum atomic E-state index is 10.5. The molecule has 0 atom stereocenters. The van der Waals surface area contributed by atoms with Crippen molar-refractivity contribution in [1.29, 1.82) is 0 Å². The van der Waals surface area contributed by atoms with Crippen molar-refractivity contribution >= 4 is 53.5 Å². The molecule has 1 rings (SSSR count). The van der Waals surface area contributed by atoms with E-state index in [0.717, 1.165) is 0 Å². The summed E-state index contributed by atoms with van der Waals surface area (Å²) in [4.78, 5) is -0.183. The number of hydrogen-bond donors (Lipinski definition) is 2. The molecule has 4 nitrogen and oxygen atoms in total. The Kier molecular flexibility index (Phi) is 4.50. The molecule has 0 aliphatic heterocycles. The van der Waals surface area contributed by atoms with Crippen LogP contribution in [0.3, 0.4) is 0 Å². The summed E-state index contributed by atoms with van der Waals surface area (Å²) in [5, 5.41) is 0. The molecule has 0 aliphatic rings. The van der Waals surface area contributed by atoms with E-state index in [1.807, 2.05) is 0 Å². The zero-order chi connectivity index (χ0) is 8.48. The molecular weight excluding hydrogens is 206 g/mol. The summed E-state index contributed by atoms with van der Waals surface area (Å²) >= 11 is 0. The van der Waals surface area contributed by atoms with E-state index in [-0.39, 0.29) is 42.6 Å². The van der Waals surface area contributed by atoms with E-state index in [2.05, 4.69) is 0 Å². The molecule has 0 aromatic heterocycles. The minimum atomic E-state index is -4.11. The van der Waals surface area contributed by atoms with Crippen molar-refractivity contribution in [3.05, 3.63) is 24.3 Å². The second-order valence-corrected chi connectivity index (χ2v) is 3.47. The normalized spacial score (nSPS) is 10.4. The van der Waals surface area contributed by atoms with Crippen LogP contribution in [0.1, 0.15) is 0 Å². The number of nitrogens with two attached hydrogens (primary N) is 1. The maximum absolute atomic E-state index is 10.5. The number of hydrogen-bond acceptors (Lipinski definition) is 3. The van der Waals surface area contributed by atoms with Crippen molar-refractivity contribution in [3.8, 4) is 0 Å². The first-order chi connectivity index (χ1) is 5.00. The van der Waals surface area contributed by atoms with Crippen LogP contribution < -0.4 is 5.73 Å². The summed E-state index contributed by atoms with van der Waals surface area (Å²) in [6, 6.07) is 5.45. The van der Waals surface area contributed by atoms with Gasteiger partial charge in [0.25, 0.3) is 10.1 Å². The predicted octanol–water partition coefficient (Wildman–Crippen LogP) is -0.401. The van der Waals surface area contributed by atoms with E-state index < -0.39 is 10.1 Å². The number of anilines is 1. The molecule has 0 saturated carbocycles. The summed E-state index contributed by atoms with van der Waals surface area (Å²) in [7, 11) is -4.11. The van der Waals surface area contributed by atoms with Crippen LogP contribution in [0.5, 0.6) is 0 Å². The first-order valence-corrected chi connectivity index (χ1v) is 4.27. The van der Waals surface area contributed by atoms with Crippen LogP contribution in [0.2, 0.25) is 0 Å². The molecule has 1 aromatic carbocycles. The first kappa shape index (κ1) is 12.2. The van der Waals surface area contributed by atoms with E-state index in [1.54, 1.807) is 0 Å². The van der Waals surface area contributed by atoms with Crippen molar-refractivity contribution in [2.45, 2.75) is 4.90 Å². The van der Waals surface area contributed by atoms with Crippen LogP contribution in [0.15, 0.2) is 29.2 Å². The first-order valence-electron chi connectivity index (χ1n) is 2.83. The Labute approximate surface area is 101 Å². The van der Waals surface area contributed by atoms with Crippen LogP contribution in [-0.4, -0.2) is 50.7 Å². The van der Waals surface area contributed by atoms with Crippen LogP contribution in [0.25, 0.3) is 0 Å². The summed E-state index contributed by atoms with van der Waals surface area (Å²) in [5.74, 6) is 0. The van der Waals surface area contributed by atoms with Crippen molar-refractivity contribution in [3.63, 3.8) is 0 Å². The molecule has 1 aromatic rings. The summed E-state index contributed by atoms with van der Waals surface area (Å²) in [6.07, 6.45) is 0. The number of rotatable bonds is 1. The van der Waals surface area contributed by atoms with E-state index in [9.17, 15) is 8.42 Å². The van der Waals surface area contributed by atoms with E-state index in [1.165, 1.54) is 24.3 Å². The van der Waals surface area contributed by atoms with Gasteiger partial charge in [-0.2, -0.15) is 8.42 Å². The van der Waals surface area contributed by atoms with E-state index in [0.29, 0.717) is 5.69 Å². The average Bonchev–Trinajstić information content (AvgIpc) is 1.86. The van der Waals surface area contributed by atoms with Gasteiger partial charge in [0.2, 0.25) is 0 Å². The van der Waals surface area contributed by atoms with Gasteiger partial charge in [0.05, 0.1) is 4.90 Å². The Hall–Kier alpha value is 0.190. The molecule has 64 valence electrons. The Morgan fingerprint density at radius 2 is 1.92 bits per heavy atom. The Balaban J connectivity index is 0.00000121. The monoisotopic (exact) mass is 215 g/mol. The quantitative estimate of drug-likeness (QED) is 0.379. The summed E-state index contributed by atoms with van der Waals surface area (Å²) < 4.78 is 29.5. The van der Waals surface area contributed by atoms with Gasteiger partial charge in [-0.1, -0.05) is 6.07 Å². The Morgan fingerprint density at radius 3 is 2.25 bits per heavy atom. The third kappa shape index (κ3) is 3.28. The van der Waals surface area contributed by atoms with Gasteiger partial charge in [0.1, 0.15) is 0 Å². The van der Waals surface area contributed by atoms with Gasteiger partial charge in [-0.3, -0.25) is 4.55 Å². The number of nitrogen functional groups attached to an aromatic ring is 1. The zero-order valence-electron chi connectivity index (χ0n) is 5.56. The van der Waals surface area contributed by atoms with Crippen molar-refractivity contribution in [2.24, 2.45) is 0 Å². The predicted molar refractivity (Wildman–Crippen MR) is 49.2 cm³/mol. The van der Waals surface area contributed by atoms with Crippen LogP contribution in [0, 0.1) is 0 Å². The summed E-state index contributed by atoms with van der Waals surface area (Å²) in [6.45, 7) is 0. The third-order valence-electron chi connectivity index (χ3n) is 1.16. The molecule has 0 amide bonds. The molecule has 0 fully saturated rings. The van der Waals surface area contributed by atoms with Gasteiger partial charge < -0.3 is 5.73 Å². The molecular formula is C6H9CaNO3S. The van der Waals surface area contributed by atoms with Gasteiger partial charge in [-0.25, -0.2) is 0 Å². The molecule has 0 bridgehead atoms. The summed E-state index contributed by atoms with van der Waals surface area (Å²) in [5.41, 5.74) is 5.59. The zero-order valence-corrected chi connectivity index (χ0v) is 6.38. The van der Waals surface area contributed by atoms with Crippen LogP contribution in [-0.2, 0) is 10.1 Å². The van der Waals surface area contributed by atoms with Gasteiger partial charge in [-0.15, -0.1) is 0 Å². The minimum absolute atomic E-state index is 0. The van der Waals surface area contributed by atoms with E-state index >= 15 is 0 Å². The van der Waals surface area contributed by atoms with E-state index in [4.69, 9.17) is 10.3 Å². The third-order valence-corrected chi connectivity index (χ3v) is 2.01. The fraction of sp³-hybridized carbons (Fsp3) is 0. The van der Waals surface area contributed by atoms with Gasteiger partial charge in [0, 0.05) is 5.69 Å². The van der Waals surface area contributed by atoms with Crippen LogP contribution >= 0.6 is 0 Å². The fourth-order valence-electron chi connectivity index (χ4n) is 0.675. The number of benzene rings is 1. The molecule has 6 heteroatoms. The average molecular weight is 215 g/mol. The Morgan fingerprint density at radius 1 is 1.33 bits per heavy atom. The SMILES string of the molecule is Nc1cccc(S(=O)(=O)O)c1.[CaH2]. The molecule has 0 aliphatic carbocycles. The standard InChI is InChI=1S/C6H7NO3S.Ca.2H/c7-5-2-1-3-6(4-5)11(8,9)10;;;/h1-4H,7H2,(H,8,9,10);;;. The topological polar surface area (TPSA) is 80.4 Å². The Bertz CT molecular complexity index is 363. The van der Waals surface area contributed by atoms with Gasteiger partial charge >= 0.3 is 37.7 Å². The second-order valence-electron chi connectivity index (χ2n) is 2.05. The van der Waals surface area contributed by atoms with Crippen molar-refractivity contribution in [2.75, 3.05) is 5.73 Å². The molecule has 12 heavy (non-hydrogen) atoms. The van der Waals surface area contributed by atoms with Crippen molar-refractivity contribution < 1.29 is 13.0 Å².